The van der Waals surface area contributed by atoms with Crippen LogP contribution in [0, 0.1) is 11.6 Å². The Balaban J connectivity index is 1.81. The molecule has 2 N–H and O–H groups in total. The second kappa shape index (κ2) is 7.55. The van der Waals surface area contributed by atoms with Crippen molar-refractivity contribution in [2.75, 3.05) is 6.54 Å². The number of hydrogen-bond acceptors (Lipinski definition) is 2. The molecule has 4 heteroatoms. The van der Waals surface area contributed by atoms with Gasteiger partial charge in [-0.05, 0) is 41.0 Å². The largest absolute Gasteiger partial charge is 0.379 e. The topological polar surface area (TPSA) is 32.3 Å². The molecule has 0 unspecified atom stereocenters. The third-order valence-electron chi connectivity index (χ3n) is 4.20. The van der Waals surface area contributed by atoms with Crippen molar-refractivity contribution in [3.05, 3.63) is 107 Å². The third-order valence-corrected chi connectivity index (χ3v) is 4.20. The highest BCUT2D eigenvalue weighted by Gasteiger charge is 2.31. The summed E-state index contributed by atoms with van der Waals surface area (Å²) in [6.07, 6.45) is 0. The Bertz CT molecular complexity index is 804. The molecule has 3 rings (SSSR count). The van der Waals surface area contributed by atoms with Gasteiger partial charge in [0.25, 0.3) is 0 Å². The van der Waals surface area contributed by atoms with Crippen molar-refractivity contribution < 1.29 is 13.9 Å². The highest BCUT2D eigenvalue weighted by atomic mass is 19.1. The summed E-state index contributed by atoms with van der Waals surface area (Å²) in [7, 11) is 0. The lowest BCUT2D eigenvalue weighted by molar-refractivity contribution is 0.0795. The Morgan fingerprint density at radius 2 is 1.24 bits per heavy atom. The molecule has 0 bridgehead atoms. The average Bonchev–Trinajstić information content (AvgIpc) is 2.64. The van der Waals surface area contributed by atoms with Crippen LogP contribution >= 0.6 is 0 Å². The Kier molecular flexibility index (Phi) is 5.22. The highest BCUT2D eigenvalue weighted by molar-refractivity contribution is 5.36. The van der Waals surface area contributed by atoms with Gasteiger partial charge in [-0.1, -0.05) is 54.6 Å². The SMILES string of the molecule is O[C@@](CNCc1ccc(F)cc1)(c1ccccc1)c1ccc(F)cc1. The van der Waals surface area contributed by atoms with Crippen LogP contribution in [0.2, 0.25) is 0 Å². The number of nitrogens with one attached hydrogen (secondary N) is 1. The molecule has 3 aromatic rings. The summed E-state index contributed by atoms with van der Waals surface area (Å²) in [6, 6.07) is 21.3. The van der Waals surface area contributed by atoms with E-state index in [4.69, 9.17) is 0 Å². The lowest BCUT2D eigenvalue weighted by Crippen LogP contribution is -2.39. The number of benzene rings is 3. The van der Waals surface area contributed by atoms with Crippen molar-refractivity contribution in [2.45, 2.75) is 12.1 Å². The summed E-state index contributed by atoms with van der Waals surface area (Å²) in [6.45, 7) is 0.719. The first-order valence-electron chi connectivity index (χ1n) is 8.07. The van der Waals surface area contributed by atoms with Gasteiger partial charge in [-0.25, -0.2) is 8.78 Å². The zero-order valence-corrected chi connectivity index (χ0v) is 13.6. The highest BCUT2D eigenvalue weighted by Crippen LogP contribution is 2.29. The van der Waals surface area contributed by atoms with Crippen LogP contribution in [0.1, 0.15) is 16.7 Å². The normalized spacial score (nSPS) is 13.4. The zero-order chi connectivity index (χ0) is 17.7. The smallest absolute Gasteiger partial charge is 0.127 e. The Labute approximate surface area is 145 Å². The van der Waals surface area contributed by atoms with E-state index < -0.39 is 5.60 Å². The summed E-state index contributed by atoms with van der Waals surface area (Å²) in [5.41, 5.74) is 0.936. The van der Waals surface area contributed by atoms with Crippen molar-refractivity contribution in [1.82, 2.24) is 5.32 Å². The van der Waals surface area contributed by atoms with E-state index in [2.05, 4.69) is 5.32 Å². The molecular formula is C21H19F2NO. The van der Waals surface area contributed by atoms with Gasteiger partial charge >= 0.3 is 0 Å². The molecule has 0 spiro atoms. The molecule has 25 heavy (non-hydrogen) atoms. The maximum absolute atomic E-state index is 13.3. The van der Waals surface area contributed by atoms with Crippen LogP contribution < -0.4 is 5.32 Å². The van der Waals surface area contributed by atoms with E-state index in [-0.39, 0.29) is 18.2 Å². The maximum atomic E-state index is 13.3. The fraction of sp³-hybridized carbons (Fsp3) is 0.143. The van der Waals surface area contributed by atoms with E-state index in [1.165, 1.54) is 24.3 Å². The molecule has 0 radical (unpaired) electrons. The molecule has 0 saturated carbocycles. The van der Waals surface area contributed by atoms with Crippen LogP contribution in [0.3, 0.4) is 0 Å². The fourth-order valence-corrected chi connectivity index (χ4v) is 2.80. The summed E-state index contributed by atoms with van der Waals surface area (Å²) in [5.74, 6) is -0.630. The van der Waals surface area contributed by atoms with Crippen molar-refractivity contribution in [2.24, 2.45) is 0 Å². The fourth-order valence-electron chi connectivity index (χ4n) is 2.80. The summed E-state index contributed by atoms with van der Waals surface area (Å²) in [5, 5.41) is 14.5. The molecule has 0 aliphatic carbocycles. The molecule has 0 aliphatic rings. The monoisotopic (exact) mass is 339 g/mol. The Morgan fingerprint density at radius 1 is 0.720 bits per heavy atom. The molecule has 0 amide bonds. The van der Waals surface area contributed by atoms with Gasteiger partial charge in [-0.3, -0.25) is 0 Å². The van der Waals surface area contributed by atoms with E-state index in [1.807, 2.05) is 30.3 Å². The quantitative estimate of drug-likeness (QED) is 0.712. The molecule has 128 valence electrons. The zero-order valence-electron chi connectivity index (χ0n) is 13.6. The maximum Gasteiger partial charge on any atom is 0.127 e. The van der Waals surface area contributed by atoms with Crippen molar-refractivity contribution in [3.8, 4) is 0 Å². The van der Waals surface area contributed by atoms with Gasteiger partial charge in [0.05, 0.1) is 0 Å². The number of aliphatic hydroxyl groups is 1. The molecule has 0 aliphatic heterocycles. The summed E-state index contributed by atoms with van der Waals surface area (Å²) < 4.78 is 26.2. The predicted octanol–water partition coefficient (Wildman–Crippen LogP) is 3.99. The standard InChI is InChI=1S/C21H19F2NO/c22-19-10-6-16(7-11-19)14-24-15-21(25,17-4-2-1-3-5-17)18-8-12-20(23)13-9-18/h1-13,24-25H,14-15H2/t21-/m0/s1. The van der Waals surface area contributed by atoms with Crippen LogP contribution in [-0.2, 0) is 12.1 Å². The second-order valence-electron chi connectivity index (χ2n) is 5.96. The Morgan fingerprint density at radius 3 is 1.84 bits per heavy atom. The van der Waals surface area contributed by atoms with E-state index in [0.29, 0.717) is 17.7 Å². The van der Waals surface area contributed by atoms with Crippen LogP contribution in [0.4, 0.5) is 8.78 Å². The van der Waals surface area contributed by atoms with Gasteiger partial charge in [0.2, 0.25) is 0 Å². The predicted molar refractivity (Wildman–Crippen MR) is 93.9 cm³/mol. The van der Waals surface area contributed by atoms with E-state index in [9.17, 15) is 13.9 Å². The first kappa shape index (κ1) is 17.3. The minimum Gasteiger partial charge on any atom is -0.379 e. The average molecular weight is 339 g/mol. The van der Waals surface area contributed by atoms with E-state index >= 15 is 0 Å². The molecule has 0 saturated heterocycles. The first-order chi connectivity index (χ1) is 12.1. The molecule has 2 nitrogen and oxygen atoms in total. The van der Waals surface area contributed by atoms with Gasteiger partial charge in [0.15, 0.2) is 0 Å². The molecular weight excluding hydrogens is 320 g/mol. The lowest BCUT2D eigenvalue weighted by atomic mass is 9.86. The van der Waals surface area contributed by atoms with Crippen LogP contribution in [0.25, 0.3) is 0 Å². The van der Waals surface area contributed by atoms with Crippen LogP contribution in [-0.4, -0.2) is 11.7 Å². The van der Waals surface area contributed by atoms with Gasteiger partial charge in [-0.15, -0.1) is 0 Å². The summed E-state index contributed by atoms with van der Waals surface area (Å²) in [4.78, 5) is 0. The molecule has 0 fully saturated rings. The third kappa shape index (κ3) is 4.10. The van der Waals surface area contributed by atoms with Gasteiger partial charge in [-0.2, -0.15) is 0 Å². The minimum absolute atomic E-state index is 0.236. The van der Waals surface area contributed by atoms with Gasteiger partial charge in [0.1, 0.15) is 17.2 Å². The number of rotatable bonds is 6. The summed E-state index contributed by atoms with van der Waals surface area (Å²) >= 11 is 0. The van der Waals surface area contributed by atoms with Gasteiger partial charge < -0.3 is 10.4 Å². The van der Waals surface area contributed by atoms with Crippen molar-refractivity contribution in [1.29, 1.82) is 0 Å². The Hall–Kier alpha value is -2.56. The van der Waals surface area contributed by atoms with Gasteiger partial charge in [0, 0.05) is 13.1 Å². The lowest BCUT2D eigenvalue weighted by Gasteiger charge is -2.30. The molecule has 0 heterocycles. The van der Waals surface area contributed by atoms with E-state index in [1.54, 1.807) is 24.3 Å². The second-order valence-corrected chi connectivity index (χ2v) is 5.96. The van der Waals surface area contributed by atoms with Crippen LogP contribution in [0.15, 0.2) is 78.9 Å². The first-order valence-corrected chi connectivity index (χ1v) is 8.07. The van der Waals surface area contributed by atoms with E-state index in [0.717, 1.165) is 5.56 Å². The molecule has 0 aromatic heterocycles. The van der Waals surface area contributed by atoms with Crippen molar-refractivity contribution >= 4 is 0 Å². The molecule has 1 atom stereocenters. The van der Waals surface area contributed by atoms with Crippen molar-refractivity contribution in [3.63, 3.8) is 0 Å². The van der Waals surface area contributed by atoms with Crippen LogP contribution in [0.5, 0.6) is 0 Å². The number of hydrogen-bond donors (Lipinski definition) is 2. The minimum atomic E-state index is -1.30. The molecule has 3 aromatic carbocycles. The number of halogens is 2.